The Bertz CT molecular complexity index is 645. The predicted octanol–water partition coefficient (Wildman–Crippen LogP) is 0.699. The second-order valence-electron chi connectivity index (χ2n) is 3.80. The van der Waals surface area contributed by atoms with E-state index in [2.05, 4.69) is 20.2 Å². The van der Waals surface area contributed by atoms with Crippen molar-refractivity contribution in [1.82, 2.24) is 24.5 Å². The number of nitrogens with one attached hydrogen (secondary N) is 1. The molecule has 0 amide bonds. The van der Waals surface area contributed by atoms with E-state index >= 15 is 0 Å². The molecule has 0 unspecified atom stereocenters. The first-order valence-electron chi connectivity index (χ1n) is 5.16. The van der Waals surface area contributed by atoms with E-state index in [1.54, 1.807) is 13.8 Å². The first-order chi connectivity index (χ1) is 8.39. The van der Waals surface area contributed by atoms with Crippen LogP contribution in [0.4, 0.5) is 0 Å². The lowest BCUT2D eigenvalue weighted by Gasteiger charge is -2.13. The maximum atomic E-state index is 12.2. The first kappa shape index (κ1) is 13.1. The molecular formula is C9H13N5O2S2. The number of hydrogen-bond donors (Lipinski definition) is 1. The fourth-order valence-electron chi connectivity index (χ4n) is 1.36. The SMILES string of the molecule is Cc1nc(CN(C)S(=O)(=O)c2cnc(C)s2)n[nH]1. The number of aryl methyl sites for hydroxylation is 2. The van der Waals surface area contributed by atoms with Crippen LogP contribution in [0.5, 0.6) is 0 Å². The zero-order valence-electron chi connectivity index (χ0n) is 10.2. The van der Waals surface area contributed by atoms with Crippen molar-refractivity contribution >= 4 is 21.4 Å². The number of nitrogens with zero attached hydrogens (tertiary/aromatic N) is 4. The minimum absolute atomic E-state index is 0.129. The molecule has 0 atom stereocenters. The minimum atomic E-state index is -3.51. The third kappa shape index (κ3) is 2.57. The zero-order chi connectivity index (χ0) is 13.3. The summed E-state index contributed by atoms with van der Waals surface area (Å²) in [6, 6.07) is 0. The van der Waals surface area contributed by atoms with E-state index in [1.807, 2.05) is 0 Å². The molecule has 0 saturated carbocycles. The van der Waals surface area contributed by atoms with Crippen LogP contribution in [0.3, 0.4) is 0 Å². The summed E-state index contributed by atoms with van der Waals surface area (Å²) in [6.45, 7) is 3.66. The highest BCUT2D eigenvalue weighted by Gasteiger charge is 2.24. The highest BCUT2D eigenvalue weighted by molar-refractivity contribution is 7.91. The molecule has 2 aromatic rings. The maximum Gasteiger partial charge on any atom is 0.254 e. The maximum absolute atomic E-state index is 12.2. The van der Waals surface area contributed by atoms with E-state index in [9.17, 15) is 8.42 Å². The molecule has 0 aromatic carbocycles. The molecule has 2 rings (SSSR count). The molecule has 0 aliphatic carbocycles. The van der Waals surface area contributed by atoms with Gasteiger partial charge in [0.2, 0.25) is 0 Å². The first-order valence-corrected chi connectivity index (χ1v) is 7.42. The van der Waals surface area contributed by atoms with Crippen LogP contribution in [0.25, 0.3) is 0 Å². The highest BCUT2D eigenvalue weighted by Crippen LogP contribution is 2.21. The lowest BCUT2D eigenvalue weighted by molar-refractivity contribution is 0.458. The summed E-state index contributed by atoms with van der Waals surface area (Å²) >= 11 is 1.15. The van der Waals surface area contributed by atoms with Crippen molar-refractivity contribution in [2.75, 3.05) is 7.05 Å². The van der Waals surface area contributed by atoms with Crippen molar-refractivity contribution in [3.05, 3.63) is 22.9 Å². The van der Waals surface area contributed by atoms with Gasteiger partial charge in [0, 0.05) is 7.05 Å². The molecule has 0 fully saturated rings. The minimum Gasteiger partial charge on any atom is -0.263 e. The Morgan fingerprint density at radius 2 is 2.17 bits per heavy atom. The van der Waals surface area contributed by atoms with Crippen LogP contribution in [-0.2, 0) is 16.6 Å². The zero-order valence-corrected chi connectivity index (χ0v) is 11.8. The lowest BCUT2D eigenvalue weighted by Crippen LogP contribution is -2.26. The fourth-order valence-corrected chi connectivity index (χ4v) is 3.80. The monoisotopic (exact) mass is 287 g/mol. The average Bonchev–Trinajstić information content (AvgIpc) is 2.88. The van der Waals surface area contributed by atoms with Crippen molar-refractivity contribution in [2.24, 2.45) is 0 Å². The van der Waals surface area contributed by atoms with E-state index < -0.39 is 10.0 Å². The van der Waals surface area contributed by atoms with E-state index in [0.29, 0.717) is 11.6 Å². The number of aromatic nitrogens is 4. The van der Waals surface area contributed by atoms with Crippen LogP contribution in [0.1, 0.15) is 16.7 Å². The van der Waals surface area contributed by atoms with E-state index in [0.717, 1.165) is 16.3 Å². The van der Waals surface area contributed by atoms with Crippen LogP contribution in [0.2, 0.25) is 0 Å². The Hall–Kier alpha value is -1.32. The van der Waals surface area contributed by atoms with Crippen molar-refractivity contribution in [2.45, 2.75) is 24.6 Å². The molecular weight excluding hydrogens is 274 g/mol. The summed E-state index contributed by atoms with van der Waals surface area (Å²) in [4.78, 5) is 8.03. The number of hydrogen-bond acceptors (Lipinski definition) is 6. The van der Waals surface area contributed by atoms with Gasteiger partial charge in [-0.25, -0.2) is 18.4 Å². The molecule has 9 heteroatoms. The molecule has 7 nitrogen and oxygen atoms in total. The smallest absolute Gasteiger partial charge is 0.254 e. The fraction of sp³-hybridized carbons (Fsp3) is 0.444. The van der Waals surface area contributed by atoms with Gasteiger partial charge >= 0.3 is 0 Å². The summed E-state index contributed by atoms with van der Waals surface area (Å²) in [5.41, 5.74) is 0. The third-order valence-corrected chi connectivity index (χ3v) is 5.43. The molecule has 0 spiro atoms. The van der Waals surface area contributed by atoms with Gasteiger partial charge in [0.1, 0.15) is 5.82 Å². The van der Waals surface area contributed by atoms with Crippen molar-refractivity contribution in [3.8, 4) is 0 Å². The van der Waals surface area contributed by atoms with Gasteiger partial charge in [-0.2, -0.15) is 9.40 Å². The Balaban J connectivity index is 2.20. The van der Waals surface area contributed by atoms with E-state index in [4.69, 9.17) is 0 Å². The van der Waals surface area contributed by atoms with Gasteiger partial charge in [-0.1, -0.05) is 0 Å². The van der Waals surface area contributed by atoms with E-state index in [-0.39, 0.29) is 10.8 Å². The molecule has 18 heavy (non-hydrogen) atoms. The number of thiazole rings is 1. The molecule has 0 bridgehead atoms. The molecule has 98 valence electrons. The van der Waals surface area contributed by atoms with Crippen LogP contribution < -0.4 is 0 Å². The van der Waals surface area contributed by atoms with Gasteiger partial charge in [-0.15, -0.1) is 11.3 Å². The van der Waals surface area contributed by atoms with Gasteiger partial charge in [0.05, 0.1) is 17.7 Å². The third-order valence-electron chi connectivity index (χ3n) is 2.27. The summed E-state index contributed by atoms with van der Waals surface area (Å²) in [5.74, 6) is 1.10. The molecule has 0 aliphatic heterocycles. The second kappa shape index (κ2) is 4.75. The van der Waals surface area contributed by atoms with Crippen LogP contribution in [-0.4, -0.2) is 39.9 Å². The van der Waals surface area contributed by atoms with Crippen LogP contribution in [0.15, 0.2) is 10.4 Å². The standard InChI is InChI=1S/C9H13N5O2S2/c1-6-11-8(13-12-6)5-14(3)18(15,16)9-4-10-7(2)17-9/h4H,5H2,1-3H3,(H,11,12,13). The summed E-state index contributed by atoms with van der Waals surface area (Å²) in [5, 5.41) is 7.31. The van der Waals surface area contributed by atoms with Gasteiger partial charge in [-0.05, 0) is 13.8 Å². The van der Waals surface area contributed by atoms with Gasteiger partial charge in [-0.3, -0.25) is 5.10 Å². The normalized spacial score (nSPS) is 12.2. The number of H-pyrrole nitrogens is 1. The quantitative estimate of drug-likeness (QED) is 0.893. The van der Waals surface area contributed by atoms with Gasteiger partial charge in [0.25, 0.3) is 10.0 Å². The van der Waals surface area contributed by atoms with Crippen molar-refractivity contribution in [3.63, 3.8) is 0 Å². The molecule has 0 radical (unpaired) electrons. The summed E-state index contributed by atoms with van der Waals surface area (Å²) < 4.78 is 25.8. The van der Waals surface area contributed by atoms with Crippen molar-refractivity contribution < 1.29 is 8.42 Å². The Morgan fingerprint density at radius 1 is 1.44 bits per heavy atom. The predicted molar refractivity (Wildman–Crippen MR) is 66.6 cm³/mol. The van der Waals surface area contributed by atoms with Gasteiger partial charge in [0.15, 0.2) is 10.0 Å². The largest absolute Gasteiger partial charge is 0.263 e. The molecule has 0 aliphatic rings. The van der Waals surface area contributed by atoms with Crippen LogP contribution >= 0.6 is 11.3 Å². The van der Waals surface area contributed by atoms with Crippen LogP contribution in [0, 0.1) is 13.8 Å². The summed E-state index contributed by atoms with van der Waals surface area (Å²) in [6.07, 6.45) is 1.37. The van der Waals surface area contributed by atoms with E-state index in [1.165, 1.54) is 17.5 Å². The molecule has 2 heterocycles. The number of rotatable bonds is 4. The topological polar surface area (TPSA) is 91.8 Å². The van der Waals surface area contributed by atoms with Gasteiger partial charge < -0.3 is 0 Å². The Morgan fingerprint density at radius 3 is 2.67 bits per heavy atom. The molecule has 0 saturated heterocycles. The van der Waals surface area contributed by atoms with Crippen molar-refractivity contribution in [1.29, 1.82) is 0 Å². The highest BCUT2D eigenvalue weighted by atomic mass is 32.2. The Labute approximate surface area is 109 Å². The lowest BCUT2D eigenvalue weighted by atomic mass is 10.6. The molecule has 2 aromatic heterocycles. The number of sulfonamides is 1. The Kier molecular flexibility index (Phi) is 3.46. The molecule has 1 N–H and O–H groups in total. The number of aromatic amines is 1. The average molecular weight is 287 g/mol. The summed E-state index contributed by atoms with van der Waals surface area (Å²) in [7, 11) is -2.02. The second-order valence-corrected chi connectivity index (χ2v) is 7.30.